The fourth-order valence-corrected chi connectivity index (χ4v) is 1.89. The van der Waals surface area contributed by atoms with Gasteiger partial charge in [0, 0.05) is 7.05 Å². The fourth-order valence-electron chi connectivity index (χ4n) is 1.89. The number of carbonyl (C=O) groups excluding carboxylic acids is 1. The molecule has 1 unspecified atom stereocenters. The lowest BCUT2D eigenvalue weighted by atomic mass is 10.3. The summed E-state index contributed by atoms with van der Waals surface area (Å²) < 4.78 is 1.29. The molecule has 0 aliphatic carbocycles. The molecular formula is C13H15N3O4. The molecule has 1 heterocycles. The Labute approximate surface area is 114 Å². The molecule has 1 atom stereocenters. The Hall–Kier alpha value is -2.57. The van der Waals surface area contributed by atoms with E-state index in [0.29, 0.717) is 11.0 Å². The average Bonchev–Trinajstić information content (AvgIpc) is 2.73. The number of benzene rings is 1. The number of carbonyl (C=O) groups is 2. The SMILES string of the molecule is CC(C(=O)O)N(C)C(=O)Cn1c(=O)[nH]c2ccccc21. The molecule has 20 heavy (non-hydrogen) atoms. The number of carboxylic acids is 1. The summed E-state index contributed by atoms with van der Waals surface area (Å²) in [5.74, 6) is -1.53. The van der Waals surface area contributed by atoms with E-state index >= 15 is 0 Å². The second-order valence-electron chi connectivity index (χ2n) is 4.55. The Kier molecular flexibility index (Phi) is 3.60. The van der Waals surface area contributed by atoms with Crippen LogP contribution in [-0.4, -0.2) is 44.5 Å². The number of para-hydroxylation sites is 2. The van der Waals surface area contributed by atoms with Crippen molar-refractivity contribution in [1.29, 1.82) is 0 Å². The monoisotopic (exact) mass is 277 g/mol. The number of rotatable bonds is 4. The van der Waals surface area contributed by atoms with Crippen molar-refractivity contribution in [2.45, 2.75) is 19.5 Å². The molecule has 0 bridgehead atoms. The summed E-state index contributed by atoms with van der Waals surface area (Å²) in [5, 5.41) is 8.89. The second-order valence-corrected chi connectivity index (χ2v) is 4.55. The lowest BCUT2D eigenvalue weighted by Gasteiger charge is -2.21. The van der Waals surface area contributed by atoms with Crippen LogP contribution in [0.25, 0.3) is 11.0 Å². The molecule has 0 aliphatic rings. The first-order valence-electron chi connectivity index (χ1n) is 6.08. The third-order valence-corrected chi connectivity index (χ3v) is 3.31. The minimum absolute atomic E-state index is 0.197. The number of hydrogen-bond donors (Lipinski definition) is 2. The lowest BCUT2D eigenvalue weighted by molar-refractivity contribution is -0.148. The molecule has 0 radical (unpaired) electrons. The highest BCUT2D eigenvalue weighted by molar-refractivity contribution is 5.84. The summed E-state index contributed by atoms with van der Waals surface area (Å²) in [5.41, 5.74) is 0.859. The maximum Gasteiger partial charge on any atom is 0.326 e. The highest BCUT2D eigenvalue weighted by Gasteiger charge is 2.22. The normalized spacial score (nSPS) is 12.3. The molecule has 7 nitrogen and oxygen atoms in total. The summed E-state index contributed by atoms with van der Waals surface area (Å²) >= 11 is 0. The zero-order valence-electron chi connectivity index (χ0n) is 11.2. The molecule has 2 rings (SSSR count). The number of hydrogen-bond acceptors (Lipinski definition) is 3. The van der Waals surface area contributed by atoms with Gasteiger partial charge in [-0.2, -0.15) is 0 Å². The van der Waals surface area contributed by atoms with E-state index in [-0.39, 0.29) is 6.54 Å². The first-order chi connectivity index (χ1) is 9.41. The average molecular weight is 277 g/mol. The van der Waals surface area contributed by atoms with Crippen LogP contribution in [0.2, 0.25) is 0 Å². The summed E-state index contributed by atoms with van der Waals surface area (Å²) in [6, 6.07) is 6.06. The molecule has 1 aromatic heterocycles. The number of H-pyrrole nitrogens is 1. The van der Waals surface area contributed by atoms with Gasteiger partial charge in [-0.05, 0) is 19.1 Å². The highest BCUT2D eigenvalue weighted by Crippen LogP contribution is 2.09. The molecule has 7 heteroatoms. The Morgan fingerprint density at radius 2 is 2.05 bits per heavy atom. The van der Waals surface area contributed by atoms with Crippen LogP contribution in [0.5, 0.6) is 0 Å². The Morgan fingerprint density at radius 3 is 2.70 bits per heavy atom. The molecule has 2 N–H and O–H groups in total. The van der Waals surface area contributed by atoms with Gasteiger partial charge in [0.25, 0.3) is 0 Å². The zero-order valence-corrected chi connectivity index (χ0v) is 11.2. The van der Waals surface area contributed by atoms with Gasteiger partial charge in [0.05, 0.1) is 11.0 Å². The summed E-state index contributed by atoms with van der Waals surface area (Å²) in [4.78, 5) is 38.5. The van der Waals surface area contributed by atoms with Crippen molar-refractivity contribution >= 4 is 22.9 Å². The van der Waals surface area contributed by atoms with Crippen LogP contribution in [0.15, 0.2) is 29.1 Å². The Morgan fingerprint density at radius 1 is 1.40 bits per heavy atom. The molecular weight excluding hydrogens is 262 g/mol. The molecule has 0 spiro atoms. The van der Waals surface area contributed by atoms with Crippen molar-refractivity contribution in [1.82, 2.24) is 14.5 Å². The van der Waals surface area contributed by atoms with E-state index in [1.54, 1.807) is 24.3 Å². The van der Waals surface area contributed by atoms with Crippen molar-refractivity contribution in [3.05, 3.63) is 34.7 Å². The third kappa shape index (κ3) is 2.42. The first-order valence-corrected chi connectivity index (χ1v) is 6.08. The molecule has 1 aromatic carbocycles. The van der Waals surface area contributed by atoms with Gasteiger partial charge in [-0.3, -0.25) is 9.36 Å². The molecule has 0 saturated carbocycles. The van der Waals surface area contributed by atoms with E-state index in [2.05, 4.69) is 4.98 Å². The van der Waals surface area contributed by atoms with Crippen LogP contribution >= 0.6 is 0 Å². The number of imidazole rings is 1. The maximum absolute atomic E-state index is 12.0. The molecule has 0 saturated heterocycles. The molecule has 0 aliphatic heterocycles. The van der Waals surface area contributed by atoms with Crippen LogP contribution in [-0.2, 0) is 16.1 Å². The number of aliphatic carboxylic acids is 1. The minimum atomic E-state index is -1.09. The van der Waals surface area contributed by atoms with Gasteiger partial charge in [-0.1, -0.05) is 12.1 Å². The quantitative estimate of drug-likeness (QED) is 0.838. The number of aromatic nitrogens is 2. The number of nitrogens with one attached hydrogen (secondary N) is 1. The lowest BCUT2D eigenvalue weighted by Crippen LogP contribution is -2.42. The number of likely N-dealkylation sites (N-methyl/N-ethyl adjacent to an activating group) is 1. The second kappa shape index (κ2) is 5.20. The predicted octanol–water partition coefficient (Wildman–Crippen LogP) is 0.261. The molecule has 1 amide bonds. The summed E-state index contributed by atoms with van der Waals surface area (Å²) in [6.07, 6.45) is 0. The van der Waals surface area contributed by atoms with Crippen LogP contribution in [0, 0.1) is 0 Å². The van der Waals surface area contributed by atoms with Gasteiger partial charge in [0.15, 0.2) is 0 Å². The van der Waals surface area contributed by atoms with Gasteiger partial charge in [0.1, 0.15) is 12.6 Å². The largest absolute Gasteiger partial charge is 0.480 e. The van der Waals surface area contributed by atoms with E-state index in [1.807, 2.05) is 0 Å². The Bertz CT molecular complexity index is 716. The van der Waals surface area contributed by atoms with Gasteiger partial charge in [-0.15, -0.1) is 0 Å². The van der Waals surface area contributed by atoms with Crippen molar-refractivity contribution in [2.24, 2.45) is 0 Å². The Balaban J connectivity index is 2.29. The van der Waals surface area contributed by atoms with Gasteiger partial charge in [0.2, 0.25) is 5.91 Å². The van der Waals surface area contributed by atoms with Crippen molar-refractivity contribution < 1.29 is 14.7 Å². The molecule has 2 aromatic rings. The number of fused-ring (bicyclic) bond motifs is 1. The molecule has 106 valence electrons. The van der Waals surface area contributed by atoms with E-state index in [0.717, 1.165) is 4.90 Å². The summed E-state index contributed by atoms with van der Waals surface area (Å²) in [6.45, 7) is 1.22. The van der Waals surface area contributed by atoms with E-state index in [9.17, 15) is 14.4 Å². The number of aromatic amines is 1. The maximum atomic E-state index is 12.0. The van der Waals surface area contributed by atoms with Crippen LogP contribution in [0.3, 0.4) is 0 Å². The van der Waals surface area contributed by atoms with Gasteiger partial charge in [-0.25, -0.2) is 9.59 Å². The molecule has 0 fully saturated rings. The smallest absolute Gasteiger partial charge is 0.326 e. The standard InChI is InChI=1S/C13H15N3O4/c1-8(12(18)19)15(2)11(17)7-16-10-6-4-3-5-9(10)14-13(16)20/h3-6,8H,7H2,1-2H3,(H,14,20)(H,18,19). The third-order valence-electron chi connectivity index (χ3n) is 3.31. The van der Waals surface area contributed by atoms with Crippen LogP contribution < -0.4 is 5.69 Å². The minimum Gasteiger partial charge on any atom is -0.480 e. The first kappa shape index (κ1) is 13.9. The van der Waals surface area contributed by atoms with Crippen LogP contribution in [0.4, 0.5) is 0 Å². The number of amides is 1. The number of carboxylic acid groups (broad SMARTS) is 1. The van der Waals surface area contributed by atoms with Crippen molar-refractivity contribution in [3.63, 3.8) is 0 Å². The predicted molar refractivity (Wildman–Crippen MR) is 72.4 cm³/mol. The van der Waals surface area contributed by atoms with Crippen molar-refractivity contribution in [3.8, 4) is 0 Å². The van der Waals surface area contributed by atoms with Gasteiger partial charge < -0.3 is 15.0 Å². The van der Waals surface area contributed by atoms with Crippen molar-refractivity contribution in [2.75, 3.05) is 7.05 Å². The number of nitrogens with zero attached hydrogens (tertiary/aromatic N) is 2. The highest BCUT2D eigenvalue weighted by atomic mass is 16.4. The van der Waals surface area contributed by atoms with E-state index < -0.39 is 23.6 Å². The zero-order chi connectivity index (χ0) is 14.9. The van der Waals surface area contributed by atoms with Gasteiger partial charge >= 0.3 is 11.7 Å². The summed E-state index contributed by atoms with van der Waals surface area (Å²) in [7, 11) is 1.40. The van der Waals surface area contributed by atoms with E-state index in [4.69, 9.17) is 5.11 Å². The van der Waals surface area contributed by atoms with E-state index in [1.165, 1.54) is 18.5 Å². The topological polar surface area (TPSA) is 95.4 Å². The van der Waals surface area contributed by atoms with Crippen LogP contribution in [0.1, 0.15) is 6.92 Å². The fraction of sp³-hybridized carbons (Fsp3) is 0.308.